The predicted molar refractivity (Wildman–Crippen MR) is 75.8 cm³/mol. The van der Waals surface area contributed by atoms with Crippen LogP contribution in [0.5, 0.6) is 0 Å². The average molecular weight is 312 g/mol. The lowest BCUT2D eigenvalue weighted by Gasteiger charge is -2.39. The van der Waals surface area contributed by atoms with Gasteiger partial charge in [-0.3, -0.25) is 4.90 Å². The topological polar surface area (TPSA) is 29.5 Å². The van der Waals surface area contributed by atoms with Crippen molar-refractivity contribution in [2.75, 3.05) is 11.4 Å². The van der Waals surface area contributed by atoms with Crippen molar-refractivity contribution in [3.05, 3.63) is 28.2 Å². The Morgan fingerprint density at radius 3 is 2.67 bits per heavy atom. The molecule has 0 N–H and O–H groups in total. The van der Waals surface area contributed by atoms with Crippen molar-refractivity contribution < 1.29 is 9.53 Å². The fraction of sp³-hybridized carbons (Fsp3) is 0.500. The van der Waals surface area contributed by atoms with Crippen LogP contribution in [0.15, 0.2) is 22.7 Å². The zero-order valence-electron chi connectivity index (χ0n) is 11.2. The Hall–Kier alpha value is -1.03. The first kappa shape index (κ1) is 13.4. The first-order valence-electron chi connectivity index (χ1n) is 6.12. The Labute approximate surface area is 116 Å². The molecule has 0 saturated carbocycles. The summed E-state index contributed by atoms with van der Waals surface area (Å²) in [5, 5.41) is 0. The van der Waals surface area contributed by atoms with Gasteiger partial charge in [-0.2, -0.15) is 0 Å². The molecule has 18 heavy (non-hydrogen) atoms. The van der Waals surface area contributed by atoms with Crippen LogP contribution in [-0.4, -0.2) is 12.6 Å². The summed E-state index contributed by atoms with van der Waals surface area (Å²) >= 11 is 3.47. The molecular formula is C14H18BrNO2. The molecule has 3 nitrogen and oxygen atoms in total. The van der Waals surface area contributed by atoms with E-state index in [-0.39, 0.29) is 6.09 Å². The van der Waals surface area contributed by atoms with Crippen LogP contribution in [0, 0.1) is 5.92 Å². The molecule has 2 rings (SSSR count). The van der Waals surface area contributed by atoms with Crippen molar-refractivity contribution >= 4 is 27.7 Å². The third-order valence-corrected chi connectivity index (χ3v) is 3.50. The molecule has 0 aliphatic carbocycles. The molecule has 1 amide bonds. The van der Waals surface area contributed by atoms with Crippen LogP contribution in [0.4, 0.5) is 10.5 Å². The van der Waals surface area contributed by atoms with Gasteiger partial charge in [0.1, 0.15) is 5.60 Å². The van der Waals surface area contributed by atoms with Crippen LogP contribution >= 0.6 is 15.9 Å². The molecule has 1 aliphatic heterocycles. The van der Waals surface area contributed by atoms with E-state index < -0.39 is 5.60 Å². The lowest BCUT2D eigenvalue weighted by Crippen LogP contribution is -2.44. The number of hydrogen-bond donors (Lipinski definition) is 0. The van der Waals surface area contributed by atoms with E-state index in [2.05, 4.69) is 29.8 Å². The van der Waals surface area contributed by atoms with Gasteiger partial charge in [-0.1, -0.05) is 29.8 Å². The van der Waals surface area contributed by atoms with Crippen molar-refractivity contribution in [3.63, 3.8) is 0 Å². The molecule has 0 atom stereocenters. The fourth-order valence-electron chi connectivity index (χ4n) is 2.19. The summed E-state index contributed by atoms with van der Waals surface area (Å²) in [6, 6.07) is 5.96. The standard InChI is InChI=1S/C14H18BrNO2/c1-9(2)8-16-12-6-5-10(15)7-11(12)14(3,4)18-13(16)17/h5-7,9H,8H2,1-4H3. The highest BCUT2D eigenvalue weighted by molar-refractivity contribution is 9.10. The summed E-state index contributed by atoms with van der Waals surface area (Å²) in [6.45, 7) is 8.69. The fourth-order valence-corrected chi connectivity index (χ4v) is 2.55. The van der Waals surface area contributed by atoms with E-state index in [0.717, 1.165) is 15.7 Å². The quantitative estimate of drug-likeness (QED) is 0.815. The second-order valence-corrected chi connectivity index (χ2v) is 6.46. The number of fused-ring (bicyclic) bond motifs is 1. The largest absolute Gasteiger partial charge is 0.438 e. The van der Waals surface area contributed by atoms with Gasteiger partial charge in [0.25, 0.3) is 0 Å². The lowest BCUT2D eigenvalue weighted by atomic mass is 9.94. The summed E-state index contributed by atoms with van der Waals surface area (Å²) in [4.78, 5) is 13.8. The minimum Gasteiger partial charge on any atom is -0.438 e. The minimum absolute atomic E-state index is 0.261. The monoisotopic (exact) mass is 311 g/mol. The number of benzene rings is 1. The number of cyclic esters (lactones) is 1. The summed E-state index contributed by atoms with van der Waals surface area (Å²) in [6.07, 6.45) is -0.261. The third-order valence-electron chi connectivity index (χ3n) is 3.01. The zero-order chi connectivity index (χ0) is 13.5. The molecule has 0 unspecified atom stereocenters. The van der Waals surface area contributed by atoms with Gasteiger partial charge in [0.05, 0.1) is 5.69 Å². The molecule has 1 aromatic carbocycles. The Balaban J connectivity index is 2.51. The molecule has 98 valence electrons. The van der Waals surface area contributed by atoms with Gasteiger partial charge in [-0.15, -0.1) is 0 Å². The van der Waals surface area contributed by atoms with Crippen LogP contribution < -0.4 is 4.90 Å². The van der Waals surface area contributed by atoms with Crippen LogP contribution in [0.2, 0.25) is 0 Å². The summed E-state index contributed by atoms with van der Waals surface area (Å²) in [5.41, 5.74) is 1.41. The molecule has 4 heteroatoms. The average Bonchev–Trinajstić information content (AvgIpc) is 2.23. The SMILES string of the molecule is CC(C)CN1C(=O)OC(C)(C)c2cc(Br)ccc21. The Morgan fingerprint density at radius 1 is 1.39 bits per heavy atom. The molecular weight excluding hydrogens is 294 g/mol. The number of rotatable bonds is 2. The van der Waals surface area contributed by atoms with E-state index in [1.165, 1.54) is 0 Å². The van der Waals surface area contributed by atoms with E-state index in [4.69, 9.17) is 4.74 Å². The Morgan fingerprint density at radius 2 is 2.06 bits per heavy atom. The second kappa shape index (κ2) is 4.57. The van der Waals surface area contributed by atoms with Gasteiger partial charge in [-0.05, 0) is 38.0 Å². The minimum atomic E-state index is -0.580. The molecule has 0 spiro atoms. The van der Waals surface area contributed by atoms with Crippen molar-refractivity contribution in [2.45, 2.75) is 33.3 Å². The van der Waals surface area contributed by atoms with Crippen LogP contribution in [0.1, 0.15) is 33.3 Å². The van der Waals surface area contributed by atoms with Gasteiger partial charge in [0.2, 0.25) is 0 Å². The van der Waals surface area contributed by atoms with Gasteiger partial charge in [-0.25, -0.2) is 4.79 Å². The normalized spacial score (nSPS) is 17.7. The van der Waals surface area contributed by atoms with Gasteiger partial charge in [0.15, 0.2) is 0 Å². The highest BCUT2D eigenvalue weighted by Crippen LogP contribution is 2.40. The van der Waals surface area contributed by atoms with Crippen LogP contribution in [-0.2, 0) is 10.3 Å². The number of carbonyl (C=O) groups is 1. The van der Waals surface area contributed by atoms with E-state index in [9.17, 15) is 4.79 Å². The maximum Gasteiger partial charge on any atom is 0.415 e. The first-order valence-corrected chi connectivity index (χ1v) is 6.91. The summed E-state index contributed by atoms with van der Waals surface area (Å²) in [5.74, 6) is 0.398. The zero-order valence-corrected chi connectivity index (χ0v) is 12.7. The first-order chi connectivity index (χ1) is 8.31. The predicted octanol–water partition coefficient (Wildman–Crippen LogP) is 4.30. The number of halogens is 1. The van der Waals surface area contributed by atoms with Gasteiger partial charge < -0.3 is 4.74 Å². The molecule has 1 aliphatic rings. The van der Waals surface area contributed by atoms with Crippen molar-refractivity contribution in [1.82, 2.24) is 0 Å². The molecule has 0 bridgehead atoms. The maximum atomic E-state index is 12.1. The number of anilines is 1. The van der Waals surface area contributed by atoms with Gasteiger partial charge >= 0.3 is 6.09 Å². The molecule has 0 saturated heterocycles. The van der Waals surface area contributed by atoms with E-state index >= 15 is 0 Å². The maximum absolute atomic E-state index is 12.1. The van der Waals surface area contributed by atoms with Crippen molar-refractivity contribution in [2.24, 2.45) is 5.92 Å². The number of carbonyl (C=O) groups excluding carboxylic acids is 1. The number of ether oxygens (including phenoxy) is 1. The van der Waals surface area contributed by atoms with Gasteiger partial charge in [0, 0.05) is 16.6 Å². The van der Waals surface area contributed by atoms with E-state index in [1.807, 2.05) is 32.0 Å². The van der Waals surface area contributed by atoms with E-state index in [0.29, 0.717) is 12.5 Å². The highest BCUT2D eigenvalue weighted by atomic mass is 79.9. The molecule has 1 aromatic rings. The number of hydrogen-bond acceptors (Lipinski definition) is 2. The van der Waals surface area contributed by atoms with Crippen molar-refractivity contribution in [1.29, 1.82) is 0 Å². The second-order valence-electron chi connectivity index (χ2n) is 5.54. The smallest absolute Gasteiger partial charge is 0.415 e. The highest BCUT2D eigenvalue weighted by Gasteiger charge is 2.38. The molecule has 1 heterocycles. The summed E-state index contributed by atoms with van der Waals surface area (Å²) < 4.78 is 6.53. The molecule has 0 radical (unpaired) electrons. The van der Waals surface area contributed by atoms with Crippen molar-refractivity contribution in [3.8, 4) is 0 Å². The van der Waals surface area contributed by atoms with E-state index in [1.54, 1.807) is 4.90 Å². The van der Waals surface area contributed by atoms with Crippen LogP contribution in [0.25, 0.3) is 0 Å². The Bertz CT molecular complexity index is 483. The molecule has 0 aromatic heterocycles. The summed E-state index contributed by atoms with van der Waals surface area (Å²) in [7, 11) is 0. The number of amides is 1. The molecule has 0 fully saturated rings. The Kier molecular flexibility index (Phi) is 3.41. The van der Waals surface area contributed by atoms with Crippen LogP contribution in [0.3, 0.4) is 0 Å². The third kappa shape index (κ3) is 2.39. The number of nitrogens with zero attached hydrogens (tertiary/aromatic N) is 1. The lowest BCUT2D eigenvalue weighted by molar-refractivity contribution is 0.0345.